The van der Waals surface area contributed by atoms with E-state index in [2.05, 4.69) is 31.2 Å². The lowest BCUT2D eigenvalue weighted by Gasteiger charge is -1.97. The van der Waals surface area contributed by atoms with Crippen LogP contribution in [0.3, 0.4) is 0 Å². The van der Waals surface area contributed by atoms with Gasteiger partial charge >= 0.3 is 0 Å². The Labute approximate surface area is 110 Å². The average Bonchev–Trinajstić information content (AvgIpc) is 2.61. The maximum absolute atomic E-state index is 13.0. The summed E-state index contributed by atoms with van der Waals surface area (Å²) in [6.45, 7) is 1.78. The van der Waals surface area contributed by atoms with Crippen LogP contribution in [0.5, 0.6) is 0 Å². The lowest BCUT2D eigenvalue weighted by Crippen LogP contribution is -1.94. The summed E-state index contributed by atoms with van der Waals surface area (Å²) in [6.07, 6.45) is 1.59. The van der Waals surface area contributed by atoms with Crippen molar-refractivity contribution in [3.05, 3.63) is 44.6 Å². The number of hydrogen-bond acceptors (Lipinski definition) is 3. The van der Waals surface area contributed by atoms with Crippen molar-refractivity contribution in [3.63, 3.8) is 0 Å². The van der Waals surface area contributed by atoms with Gasteiger partial charge in [0.15, 0.2) is 0 Å². The number of aromatic amines is 1. The second kappa shape index (κ2) is 4.89. The lowest BCUT2D eigenvalue weighted by atomic mass is 10.2. The Kier molecular flexibility index (Phi) is 3.49. The molecule has 7 heteroatoms. The Bertz CT molecular complexity index is 631. The fourth-order valence-electron chi connectivity index (χ4n) is 1.22. The highest BCUT2D eigenvalue weighted by Crippen LogP contribution is 2.15. The summed E-state index contributed by atoms with van der Waals surface area (Å²) in [7, 11) is 0. The highest BCUT2D eigenvalue weighted by Gasteiger charge is 2.00. The molecule has 0 amide bonds. The van der Waals surface area contributed by atoms with Crippen LogP contribution in [-0.4, -0.2) is 21.1 Å². The molecule has 0 aliphatic carbocycles. The molecule has 0 fully saturated rings. The molecule has 4 nitrogen and oxygen atoms in total. The van der Waals surface area contributed by atoms with Gasteiger partial charge < -0.3 is 0 Å². The summed E-state index contributed by atoms with van der Waals surface area (Å²) in [5, 5.41) is 10.7. The molecular formula is C10H8BrFN4S. The van der Waals surface area contributed by atoms with Gasteiger partial charge in [0.1, 0.15) is 11.6 Å². The molecule has 1 heterocycles. The van der Waals surface area contributed by atoms with Crippen LogP contribution < -0.4 is 0 Å². The Morgan fingerprint density at radius 2 is 2.35 bits per heavy atom. The standard InChI is InChI=1S/C10H8BrFN4S/c1-6-14-15-10(17)16(6)13-5-7-2-3-9(12)8(11)4-7/h2-5H,1H3,(H,15,17). The Morgan fingerprint density at radius 3 is 2.94 bits per heavy atom. The Morgan fingerprint density at radius 1 is 1.59 bits per heavy atom. The normalized spacial score (nSPS) is 11.2. The van der Waals surface area contributed by atoms with Gasteiger partial charge in [-0.1, -0.05) is 6.07 Å². The number of nitrogens with zero attached hydrogens (tertiary/aromatic N) is 3. The fraction of sp³-hybridized carbons (Fsp3) is 0.100. The van der Waals surface area contributed by atoms with Crippen LogP contribution in [0.1, 0.15) is 11.4 Å². The van der Waals surface area contributed by atoms with Gasteiger partial charge in [0.2, 0.25) is 4.77 Å². The first-order chi connectivity index (χ1) is 8.08. The van der Waals surface area contributed by atoms with E-state index in [1.54, 1.807) is 25.3 Å². The van der Waals surface area contributed by atoms with Crippen LogP contribution >= 0.6 is 28.1 Å². The molecule has 1 N–H and O–H groups in total. The summed E-state index contributed by atoms with van der Waals surface area (Å²) < 4.78 is 15.3. The summed E-state index contributed by atoms with van der Waals surface area (Å²) in [6, 6.07) is 4.63. The van der Waals surface area contributed by atoms with Crippen molar-refractivity contribution in [2.75, 3.05) is 0 Å². The number of hydrogen-bond donors (Lipinski definition) is 1. The number of H-pyrrole nitrogens is 1. The second-order valence-corrected chi connectivity index (χ2v) is 4.55. The molecule has 2 aromatic rings. The first-order valence-corrected chi connectivity index (χ1v) is 5.91. The summed E-state index contributed by atoms with van der Waals surface area (Å²) in [4.78, 5) is 0. The van der Waals surface area contributed by atoms with Gasteiger partial charge in [-0.15, -0.1) is 0 Å². The summed E-state index contributed by atoms with van der Waals surface area (Å²) in [5.41, 5.74) is 0.765. The third-order valence-electron chi connectivity index (χ3n) is 2.08. The molecule has 17 heavy (non-hydrogen) atoms. The van der Waals surface area contributed by atoms with Gasteiger partial charge in [0, 0.05) is 0 Å². The van der Waals surface area contributed by atoms with Crippen LogP contribution in [0.25, 0.3) is 0 Å². The molecule has 0 aliphatic heterocycles. The molecule has 2 rings (SSSR count). The van der Waals surface area contributed by atoms with Crippen LogP contribution in [0, 0.1) is 17.5 Å². The van der Waals surface area contributed by atoms with E-state index in [9.17, 15) is 4.39 Å². The van der Waals surface area contributed by atoms with Gasteiger partial charge in [0.05, 0.1) is 10.7 Å². The highest BCUT2D eigenvalue weighted by molar-refractivity contribution is 9.10. The van der Waals surface area contributed by atoms with Gasteiger partial charge in [0.25, 0.3) is 0 Å². The molecule has 0 unspecified atom stereocenters. The van der Waals surface area contributed by atoms with E-state index in [0.29, 0.717) is 15.1 Å². The third-order valence-corrected chi connectivity index (χ3v) is 2.95. The second-order valence-electron chi connectivity index (χ2n) is 3.31. The average molecular weight is 315 g/mol. The van der Waals surface area contributed by atoms with E-state index >= 15 is 0 Å². The van der Waals surface area contributed by atoms with Gasteiger partial charge in [-0.2, -0.15) is 14.9 Å². The molecule has 1 aromatic heterocycles. The van der Waals surface area contributed by atoms with Gasteiger partial charge in [-0.25, -0.2) is 4.39 Å². The SMILES string of the molecule is Cc1n[nH]c(=S)n1N=Cc1ccc(F)c(Br)c1. The lowest BCUT2D eigenvalue weighted by molar-refractivity contribution is 0.621. The molecular weight excluding hydrogens is 307 g/mol. The monoisotopic (exact) mass is 314 g/mol. The van der Waals surface area contributed by atoms with Crippen LogP contribution in [0.4, 0.5) is 4.39 Å². The topological polar surface area (TPSA) is 46.0 Å². The molecule has 1 aromatic carbocycles. The van der Waals surface area contributed by atoms with Crippen molar-refractivity contribution in [2.45, 2.75) is 6.92 Å². The van der Waals surface area contributed by atoms with E-state index in [4.69, 9.17) is 12.2 Å². The van der Waals surface area contributed by atoms with E-state index < -0.39 is 0 Å². The predicted octanol–water partition coefficient (Wildman–Crippen LogP) is 3.03. The Hall–Kier alpha value is -1.34. The van der Waals surface area contributed by atoms with Crippen molar-refractivity contribution in [2.24, 2.45) is 5.10 Å². The number of halogens is 2. The number of nitrogens with one attached hydrogen (secondary N) is 1. The molecule has 0 bridgehead atoms. The maximum Gasteiger partial charge on any atom is 0.216 e. The van der Waals surface area contributed by atoms with E-state index in [-0.39, 0.29) is 5.82 Å². The quantitative estimate of drug-likeness (QED) is 0.684. The molecule has 0 atom stereocenters. The van der Waals surface area contributed by atoms with E-state index in [1.807, 2.05) is 0 Å². The van der Waals surface area contributed by atoms with Crippen molar-refractivity contribution < 1.29 is 4.39 Å². The first kappa shape index (κ1) is 12.1. The highest BCUT2D eigenvalue weighted by atomic mass is 79.9. The van der Waals surface area contributed by atoms with E-state index in [0.717, 1.165) is 5.56 Å². The first-order valence-electron chi connectivity index (χ1n) is 4.71. The van der Waals surface area contributed by atoms with E-state index in [1.165, 1.54) is 10.7 Å². The van der Waals surface area contributed by atoms with Crippen LogP contribution in [0.2, 0.25) is 0 Å². The molecule has 0 aliphatic rings. The van der Waals surface area contributed by atoms with Crippen molar-refractivity contribution in [3.8, 4) is 0 Å². The minimum absolute atomic E-state index is 0.307. The Balaban J connectivity index is 2.32. The minimum atomic E-state index is -0.307. The largest absolute Gasteiger partial charge is 0.250 e. The minimum Gasteiger partial charge on any atom is -0.250 e. The van der Waals surface area contributed by atoms with Crippen LogP contribution in [-0.2, 0) is 0 Å². The summed E-state index contributed by atoms with van der Waals surface area (Å²) >= 11 is 8.11. The molecule has 0 radical (unpaired) electrons. The third kappa shape index (κ3) is 2.67. The molecule has 0 spiro atoms. The van der Waals surface area contributed by atoms with Crippen LogP contribution in [0.15, 0.2) is 27.8 Å². The van der Waals surface area contributed by atoms with Crippen molar-refractivity contribution >= 4 is 34.4 Å². The predicted molar refractivity (Wildman–Crippen MR) is 69.2 cm³/mol. The number of benzene rings is 1. The zero-order chi connectivity index (χ0) is 12.4. The van der Waals surface area contributed by atoms with Gasteiger partial charge in [-0.05, 0) is 52.8 Å². The molecule has 88 valence electrons. The molecule has 0 saturated heterocycles. The zero-order valence-electron chi connectivity index (χ0n) is 8.82. The smallest absolute Gasteiger partial charge is 0.216 e. The van der Waals surface area contributed by atoms with Crippen molar-refractivity contribution in [1.82, 2.24) is 14.9 Å². The zero-order valence-corrected chi connectivity index (χ0v) is 11.2. The fourth-order valence-corrected chi connectivity index (χ4v) is 1.84. The van der Waals surface area contributed by atoms with Crippen molar-refractivity contribution in [1.29, 1.82) is 0 Å². The number of rotatable bonds is 2. The summed E-state index contributed by atoms with van der Waals surface area (Å²) in [5.74, 6) is 0.352. The molecule has 0 saturated carbocycles. The number of aromatic nitrogens is 3. The van der Waals surface area contributed by atoms with Gasteiger partial charge in [-0.3, -0.25) is 5.10 Å². The maximum atomic E-state index is 13.0. The number of aryl methyl sites for hydroxylation is 1.